The van der Waals surface area contributed by atoms with Gasteiger partial charge in [-0.05, 0) is 59.7 Å². The van der Waals surface area contributed by atoms with E-state index in [1.54, 1.807) is 24.3 Å². The summed E-state index contributed by atoms with van der Waals surface area (Å²) in [5.74, 6) is -1.94. The Kier molecular flexibility index (Phi) is 6.47. The average Bonchev–Trinajstić information content (AvgIpc) is 2.83. The van der Waals surface area contributed by atoms with Gasteiger partial charge in [0.15, 0.2) is 5.75 Å². The summed E-state index contributed by atoms with van der Waals surface area (Å²) in [7, 11) is 0. The van der Waals surface area contributed by atoms with Crippen molar-refractivity contribution in [2.24, 2.45) is 0 Å². The largest absolute Gasteiger partial charge is 0.502 e. The molecule has 1 heterocycles. The standard InChI is InChI=1S/C24H16ClN3O7/c25-16-4-1-14(2-5-16)13-35-18-8-6-17(7-9-18)27-23(31)19(22(30)26-24(27)32)11-15-3-10-21(29)20(12-15)28(33)34/h1-12,29H,13H2,(H,26,30,32). The highest BCUT2D eigenvalue weighted by atomic mass is 35.5. The van der Waals surface area contributed by atoms with E-state index in [1.165, 1.54) is 18.2 Å². The van der Waals surface area contributed by atoms with Gasteiger partial charge in [0.2, 0.25) is 0 Å². The van der Waals surface area contributed by atoms with Gasteiger partial charge in [-0.2, -0.15) is 0 Å². The number of anilines is 1. The van der Waals surface area contributed by atoms with Crippen LogP contribution in [0.15, 0.2) is 72.3 Å². The molecule has 11 heteroatoms. The predicted molar refractivity (Wildman–Crippen MR) is 126 cm³/mol. The maximum atomic E-state index is 13.0. The number of ether oxygens (including phenoxy) is 1. The lowest BCUT2D eigenvalue weighted by atomic mass is 10.1. The zero-order valence-corrected chi connectivity index (χ0v) is 18.6. The Morgan fingerprint density at radius 1 is 1.03 bits per heavy atom. The van der Waals surface area contributed by atoms with Crippen LogP contribution in [0.5, 0.6) is 11.5 Å². The lowest BCUT2D eigenvalue weighted by molar-refractivity contribution is -0.385. The molecule has 176 valence electrons. The summed E-state index contributed by atoms with van der Waals surface area (Å²) in [4.78, 5) is 48.8. The van der Waals surface area contributed by atoms with E-state index in [4.69, 9.17) is 16.3 Å². The number of aromatic hydroxyl groups is 1. The first kappa shape index (κ1) is 23.5. The highest BCUT2D eigenvalue weighted by molar-refractivity contribution is 6.39. The minimum Gasteiger partial charge on any atom is -0.502 e. The lowest BCUT2D eigenvalue weighted by Crippen LogP contribution is -2.54. The molecule has 0 radical (unpaired) electrons. The number of rotatable bonds is 6. The number of nitrogens with zero attached hydrogens (tertiary/aromatic N) is 2. The molecule has 0 spiro atoms. The fraction of sp³-hybridized carbons (Fsp3) is 0.0417. The van der Waals surface area contributed by atoms with Crippen LogP contribution in [0.4, 0.5) is 16.2 Å². The normalized spacial score (nSPS) is 14.7. The van der Waals surface area contributed by atoms with Crippen LogP contribution in [0, 0.1) is 10.1 Å². The SMILES string of the molecule is O=C1NC(=O)N(c2ccc(OCc3ccc(Cl)cc3)cc2)C(=O)C1=Cc1ccc(O)c([N+](=O)[O-])c1. The van der Waals surface area contributed by atoms with E-state index in [1.807, 2.05) is 12.1 Å². The number of nitro groups is 1. The van der Waals surface area contributed by atoms with E-state index in [2.05, 4.69) is 5.32 Å². The number of nitrogens with one attached hydrogen (secondary N) is 1. The van der Waals surface area contributed by atoms with Gasteiger partial charge in [-0.15, -0.1) is 0 Å². The second-order valence-corrected chi connectivity index (χ2v) is 7.81. The molecule has 0 saturated carbocycles. The van der Waals surface area contributed by atoms with E-state index in [0.717, 1.165) is 28.7 Å². The highest BCUT2D eigenvalue weighted by Gasteiger charge is 2.37. The predicted octanol–water partition coefficient (Wildman–Crippen LogP) is 4.20. The summed E-state index contributed by atoms with van der Waals surface area (Å²) in [6.45, 7) is 0.278. The number of amides is 4. The van der Waals surface area contributed by atoms with Crippen molar-refractivity contribution in [3.63, 3.8) is 0 Å². The van der Waals surface area contributed by atoms with Gasteiger partial charge in [-0.1, -0.05) is 29.8 Å². The van der Waals surface area contributed by atoms with Crippen LogP contribution in [0.2, 0.25) is 5.02 Å². The zero-order chi connectivity index (χ0) is 25.1. The van der Waals surface area contributed by atoms with E-state index in [0.29, 0.717) is 10.8 Å². The molecule has 3 aromatic rings. The molecule has 1 aliphatic heterocycles. The van der Waals surface area contributed by atoms with Crippen LogP contribution < -0.4 is 15.0 Å². The molecule has 4 rings (SSSR count). The summed E-state index contributed by atoms with van der Waals surface area (Å²) < 4.78 is 5.70. The average molecular weight is 494 g/mol. The number of phenolic OH excluding ortho intramolecular Hbond substituents is 1. The Morgan fingerprint density at radius 2 is 1.71 bits per heavy atom. The van der Waals surface area contributed by atoms with Crippen LogP contribution in [-0.4, -0.2) is 27.9 Å². The molecule has 0 aliphatic carbocycles. The molecule has 0 aromatic heterocycles. The van der Waals surface area contributed by atoms with Gasteiger partial charge in [-0.25, -0.2) is 9.69 Å². The number of hydrogen-bond acceptors (Lipinski definition) is 7. The van der Waals surface area contributed by atoms with Crippen molar-refractivity contribution >= 4 is 46.9 Å². The number of benzene rings is 3. The first-order valence-corrected chi connectivity index (χ1v) is 10.5. The van der Waals surface area contributed by atoms with E-state index in [9.17, 15) is 29.6 Å². The van der Waals surface area contributed by atoms with E-state index in [-0.39, 0.29) is 17.9 Å². The van der Waals surface area contributed by atoms with Crippen molar-refractivity contribution in [1.29, 1.82) is 0 Å². The maximum absolute atomic E-state index is 13.0. The molecule has 1 saturated heterocycles. The van der Waals surface area contributed by atoms with Crippen molar-refractivity contribution in [3.05, 3.63) is 98.6 Å². The van der Waals surface area contributed by atoms with Crippen LogP contribution in [0.3, 0.4) is 0 Å². The third-order valence-electron chi connectivity index (χ3n) is 5.02. The summed E-state index contributed by atoms with van der Waals surface area (Å²) in [5.41, 5.74) is 0.194. The van der Waals surface area contributed by atoms with Crippen LogP contribution >= 0.6 is 11.6 Å². The van der Waals surface area contributed by atoms with Gasteiger partial charge in [-0.3, -0.25) is 25.0 Å². The van der Waals surface area contributed by atoms with Crippen molar-refractivity contribution in [3.8, 4) is 11.5 Å². The number of hydrogen-bond donors (Lipinski definition) is 2. The van der Waals surface area contributed by atoms with Crippen molar-refractivity contribution < 1.29 is 29.2 Å². The molecule has 1 fully saturated rings. The van der Waals surface area contributed by atoms with Crippen LogP contribution in [-0.2, 0) is 16.2 Å². The monoisotopic (exact) mass is 493 g/mol. The molecular formula is C24H16ClN3O7. The molecular weight excluding hydrogens is 478 g/mol. The van der Waals surface area contributed by atoms with Crippen LogP contribution in [0.25, 0.3) is 6.08 Å². The quantitative estimate of drug-likeness (QED) is 0.227. The second-order valence-electron chi connectivity index (χ2n) is 7.37. The third-order valence-corrected chi connectivity index (χ3v) is 5.27. The Morgan fingerprint density at radius 3 is 2.37 bits per heavy atom. The fourth-order valence-electron chi connectivity index (χ4n) is 3.27. The number of imide groups is 2. The lowest BCUT2D eigenvalue weighted by Gasteiger charge is -2.26. The Hall–Kier alpha value is -4.70. The third kappa shape index (κ3) is 5.12. The van der Waals surface area contributed by atoms with Crippen molar-refractivity contribution in [1.82, 2.24) is 5.32 Å². The summed E-state index contributed by atoms with van der Waals surface area (Å²) in [5, 5.41) is 23.3. The number of carbonyl (C=O) groups is 3. The summed E-state index contributed by atoms with van der Waals surface area (Å²) >= 11 is 5.87. The minimum atomic E-state index is -0.949. The molecule has 0 atom stereocenters. The Labute approximate surface area is 203 Å². The number of barbiturate groups is 1. The first-order valence-electron chi connectivity index (χ1n) is 10.1. The molecule has 35 heavy (non-hydrogen) atoms. The number of phenols is 1. The second kappa shape index (κ2) is 9.65. The highest BCUT2D eigenvalue weighted by Crippen LogP contribution is 2.29. The Bertz CT molecular complexity index is 1370. The smallest absolute Gasteiger partial charge is 0.335 e. The van der Waals surface area contributed by atoms with Crippen molar-refractivity contribution in [2.45, 2.75) is 6.61 Å². The van der Waals surface area contributed by atoms with Crippen LogP contribution in [0.1, 0.15) is 11.1 Å². The Balaban J connectivity index is 1.55. The van der Waals surface area contributed by atoms with E-state index < -0.39 is 39.8 Å². The minimum absolute atomic E-state index is 0.119. The van der Waals surface area contributed by atoms with Crippen molar-refractivity contribution in [2.75, 3.05) is 4.90 Å². The van der Waals surface area contributed by atoms with Gasteiger partial charge in [0, 0.05) is 11.1 Å². The summed E-state index contributed by atoms with van der Waals surface area (Å²) in [6, 6.07) is 15.6. The topological polar surface area (TPSA) is 139 Å². The fourth-order valence-corrected chi connectivity index (χ4v) is 3.40. The zero-order valence-electron chi connectivity index (χ0n) is 17.8. The number of urea groups is 1. The number of carbonyl (C=O) groups excluding carboxylic acids is 3. The van der Waals surface area contributed by atoms with Gasteiger partial charge in [0.25, 0.3) is 11.8 Å². The molecule has 2 N–H and O–H groups in total. The van der Waals surface area contributed by atoms with E-state index >= 15 is 0 Å². The molecule has 10 nitrogen and oxygen atoms in total. The molecule has 3 aromatic carbocycles. The first-order chi connectivity index (χ1) is 16.7. The summed E-state index contributed by atoms with van der Waals surface area (Å²) in [6.07, 6.45) is 1.10. The number of halogens is 1. The molecule has 1 aliphatic rings. The number of nitro benzene ring substituents is 1. The molecule has 0 unspecified atom stereocenters. The van der Waals surface area contributed by atoms with Gasteiger partial charge in [0.1, 0.15) is 17.9 Å². The molecule has 4 amide bonds. The van der Waals surface area contributed by atoms with Gasteiger partial charge >= 0.3 is 11.7 Å². The molecule has 0 bridgehead atoms. The van der Waals surface area contributed by atoms with Gasteiger partial charge < -0.3 is 9.84 Å². The van der Waals surface area contributed by atoms with Gasteiger partial charge in [0.05, 0.1) is 10.6 Å². The maximum Gasteiger partial charge on any atom is 0.335 e.